The molecule has 0 saturated heterocycles. The van der Waals surface area contributed by atoms with Crippen LogP contribution in [-0.2, 0) is 4.79 Å². The van der Waals surface area contributed by atoms with E-state index in [-0.39, 0.29) is 18.3 Å². The normalized spacial score (nSPS) is 11.7. The monoisotopic (exact) mass is 236 g/mol. The molecule has 0 rings (SSSR count). The Kier molecular flexibility index (Phi) is 13.5. The van der Waals surface area contributed by atoms with E-state index in [9.17, 15) is 4.79 Å². The maximum atomic E-state index is 11.4. The van der Waals surface area contributed by atoms with Crippen molar-refractivity contribution in [3.8, 4) is 0 Å². The maximum absolute atomic E-state index is 11.4. The lowest BCUT2D eigenvalue weighted by atomic mass is 10.0. The predicted octanol–water partition coefficient (Wildman–Crippen LogP) is 1.96. The zero-order valence-electron chi connectivity index (χ0n) is 10.1. The number of carbonyl (C=O) groups excluding carboxylic acids is 1. The van der Waals surface area contributed by atoms with Gasteiger partial charge in [-0.3, -0.25) is 4.79 Å². The SMILES string of the molecule is CCCC(C)CC(=O)NCCNCC.Cl. The second-order valence-electron chi connectivity index (χ2n) is 3.80. The van der Waals surface area contributed by atoms with E-state index in [1.54, 1.807) is 0 Å². The highest BCUT2D eigenvalue weighted by Crippen LogP contribution is 2.08. The Labute approximate surface area is 99.8 Å². The van der Waals surface area contributed by atoms with Crippen LogP contribution in [0.15, 0.2) is 0 Å². The van der Waals surface area contributed by atoms with E-state index in [4.69, 9.17) is 0 Å². The summed E-state index contributed by atoms with van der Waals surface area (Å²) in [6.07, 6.45) is 2.96. The molecule has 0 aromatic carbocycles. The molecule has 0 aliphatic carbocycles. The number of hydrogen-bond acceptors (Lipinski definition) is 2. The molecule has 0 aromatic rings. The Hall–Kier alpha value is -0.280. The van der Waals surface area contributed by atoms with Crippen LogP contribution in [0.2, 0.25) is 0 Å². The van der Waals surface area contributed by atoms with Crippen molar-refractivity contribution in [3.63, 3.8) is 0 Å². The zero-order chi connectivity index (χ0) is 10.8. The van der Waals surface area contributed by atoms with Crippen molar-refractivity contribution < 1.29 is 4.79 Å². The first-order valence-corrected chi connectivity index (χ1v) is 5.68. The van der Waals surface area contributed by atoms with Crippen LogP contribution < -0.4 is 10.6 Å². The van der Waals surface area contributed by atoms with Gasteiger partial charge in [-0.2, -0.15) is 0 Å². The summed E-state index contributed by atoms with van der Waals surface area (Å²) in [6.45, 7) is 8.91. The van der Waals surface area contributed by atoms with E-state index in [0.717, 1.165) is 32.5 Å². The number of likely N-dealkylation sites (N-methyl/N-ethyl adjacent to an activating group) is 1. The molecule has 0 bridgehead atoms. The lowest BCUT2D eigenvalue weighted by molar-refractivity contribution is -0.121. The van der Waals surface area contributed by atoms with E-state index in [1.165, 1.54) is 0 Å². The van der Waals surface area contributed by atoms with Gasteiger partial charge in [0.25, 0.3) is 0 Å². The van der Waals surface area contributed by atoms with Crippen molar-refractivity contribution in [1.29, 1.82) is 0 Å². The molecule has 0 aromatic heterocycles. The first-order valence-electron chi connectivity index (χ1n) is 5.68. The summed E-state index contributed by atoms with van der Waals surface area (Å²) in [5.41, 5.74) is 0. The van der Waals surface area contributed by atoms with Crippen LogP contribution in [0.3, 0.4) is 0 Å². The molecule has 92 valence electrons. The topological polar surface area (TPSA) is 41.1 Å². The molecule has 1 amide bonds. The van der Waals surface area contributed by atoms with Gasteiger partial charge in [-0.15, -0.1) is 12.4 Å². The molecule has 0 aliphatic heterocycles. The van der Waals surface area contributed by atoms with Crippen LogP contribution in [0.1, 0.15) is 40.0 Å². The Morgan fingerprint density at radius 3 is 2.47 bits per heavy atom. The van der Waals surface area contributed by atoms with Crippen LogP contribution in [0.4, 0.5) is 0 Å². The highest BCUT2D eigenvalue weighted by molar-refractivity contribution is 5.85. The first-order chi connectivity index (χ1) is 6.70. The quantitative estimate of drug-likeness (QED) is 0.633. The van der Waals surface area contributed by atoms with Gasteiger partial charge in [0.15, 0.2) is 0 Å². The minimum atomic E-state index is 0. The van der Waals surface area contributed by atoms with Gasteiger partial charge < -0.3 is 10.6 Å². The summed E-state index contributed by atoms with van der Waals surface area (Å²) < 4.78 is 0. The van der Waals surface area contributed by atoms with Crippen LogP contribution in [-0.4, -0.2) is 25.5 Å². The third-order valence-corrected chi connectivity index (χ3v) is 2.19. The van der Waals surface area contributed by atoms with E-state index in [0.29, 0.717) is 12.3 Å². The van der Waals surface area contributed by atoms with Gasteiger partial charge in [0.2, 0.25) is 5.91 Å². The molecule has 1 atom stereocenters. The van der Waals surface area contributed by atoms with Crippen molar-refractivity contribution in [2.45, 2.75) is 40.0 Å². The van der Waals surface area contributed by atoms with E-state index in [1.807, 2.05) is 0 Å². The molecule has 1 unspecified atom stereocenters. The van der Waals surface area contributed by atoms with Gasteiger partial charge in [0, 0.05) is 19.5 Å². The number of halogens is 1. The van der Waals surface area contributed by atoms with Crippen LogP contribution in [0, 0.1) is 5.92 Å². The summed E-state index contributed by atoms with van der Waals surface area (Å²) in [6, 6.07) is 0. The van der Waals surface area contributed by atoms with Crippen LogP contribution >= 0.6 is 12.4 Å². The van der Waals surface area contributed by atoms with Crippen molar-refractivity contribution in [3.05, 3.63) is 0 Å². The minimum Gasteiger partial charge on any atom is -0.355 e. The lowest BCUT2D eigenvalue weighted by Crippen LogP contribution is -2.32. The summed E-state index contributed by atoms with van der Waals surface area (Å²) in [5, 5.41) is 6.07. The van der Waals surface area contributed by atoms with Gasteiger partial charge >= 0.3 is 0 Å². The van der Waals surface area contributed by atoms with Crippen LogP contribution in [0.5, 0.6) is 0 Å². The van der Waals surface area contributed by atoms with E-state index in [2.05, 4.69) is 31.4 Å². The van der Waals surface area contributed by atoms with Gasteiger partial charge in [0.1, 0.15) is 0 Å². The van der Waals surface area contributed by atoms with E-state index >= 15 is 0 Å². The smallest absolute Gasteiger partial charge is 0.220 e. The predicted molar refractivity (Wildman–Crippen MR) is 67.5 cm³/mol. The molecule has 0 spiro atoms. The van der Waals surface area contributed by atoms with Crippen molar-refractivity contribution >= 4 is 18.3 Å². The molecule has 0 fully saturated rings. The molecule has 0 aliphatic rings. The second-order valence-corrected chi connectivity index (χ2v) is 3.80. The van der Waals surface area contributed by atoms with Gasteiger partial charge in [0.05, 0.1) is 0 Å². The van der Waals surface area contributed by atoms with Crippen LogP contribution in [0.25, 0.3) is 0 Å². The summed E-state index contributed by atoms with van der Waals surface area (Å²) >= 11 is 0. The average Bonchev–Trinajstić information content (AvgIpc) is 2.13. The standard InChI is InChI=1S/C11H24N2O.ClH/c1-4-6-10(3)9-11(14)13-8-7-12-5-2;/h10,12H,4-9H2,1-3H3,(H,13,14);1H. The molecule has 2 N–H and O–H groups in total. The number of nitrogens with one attached hydrogen (secondary N) is 2. The highest BCUT2D eigenvalue weighted by atomic mass is 35.5. The fourth-order valence-corrected chi connectivity index (χ4v) is 1.45. The molecule has 15 heavy (non-hydrogen) atoms. The number of carbonyl (C=O) groups is 1. The van der Waals surface area contributed by atoms with Gasteiger partial charge in [-0.25, -0.2) is 0 Å². The Bertz CT molecular complexity index is 154. The van der Waals surface area contributed by atoms with Gasteiger partial charge in [-0.1, -0.05) is 33.6 Å². The Morgan fingerprint density at radius 2 is 1.93 bits per heavy atom. The van der Waals surface area contributed by atoms with Crippen molar-refractivity contribution in [2.24, 2.45) is 5.92 Å². The summed E-state index contributed by atoms with van der Waals surface area (Å²) in [7, 11) is 0. The van der Waals surface area contributed by atoms with Crippen molar-refractivity contribution in [2.75, 3.05) is 19.6 Å². The molecular formula is C11H25ClN2O. The first kappa shape index (κ1) is 17.1. The zero-order valence-corrected chi connectivity index (χ0v) is 11.0. The van der Waals surface area contributed by atoms with Crippen molar-refractivity contribution in [1.82, 2.24) is 10.6 Å². The third kappa shape index (κ3) is 11.6. The largest absolute Gasteiger partial charge is 0.355 e. The summed E-state index contributed by atoms with van der Waals surface area (Å²) in [5.74, 6) is 0.697. The number of amides is 1. The van der Waals surface area contributed by atoms with E-state index < -0.39 is 0 Å². The average molecular weight is 237 g/mol. The molecule has 3 nitrogen and oxygen atoms in total. The lowest BCUT2D eigenvalue weighted by Gasteiger charge is -2.10. The molecule has 0 saturated carbocycles. The summed E-state index contributed by atoms with van der Waals surface area (Å²) in [4.78, 5) is 11.4. The fourth-order valence-electron chi connectivity index (χ4n) is 1.45. The number of rotatable bonds is 8. The Balaban J connectivity index is 0. The highest BCUT2D eigenvalue weighted by Gasteiger charge is 2.06. The van der Waals surface area contributed by atoms with Gasteiger partial charge in [-0.05, 0) is 12.5 Å². The Morgan fingerprint density at radius 1 is 1.27 bits per heavy atom. The fraction of sp³-hybridized carbons (Fsp3) is 0.909. The molecule has 4 heteroatoms. The third-order valence-electron chi connectivity index (χ3n) is 2.19. The molecule has 0 heterocycles. The minimum absolute atomic E-state index is 0. The maximum Gasteiger partial charge on any atom is 0.220 e. The molecule has 0 radical (unpaired) electrons. The number of hydrogen-bond donors (Lipinski definition) is 2. The second kappa shape index (κ2) is 11.8. The molecular weight excluding hydrogens is 212 g/mol.